The lowest BCUT2D eigenvalue weighted by Gasteiger charge is -2.29. The van der Waals surface area contributed by atoms with E-state index in [0.29, 0.717) is 13.0 Å². The molecule has 0 spiro atoms. The van der Waals surface area contributed by atoms with Gasteiger partial charge in [0.2, 0.25) is 0 Å². The molecule has 5 heteroatoms. The van der Waals surface area contributed by atoms with Crippen LogP contribution >= 0.6 is 0 Å². The number of halogens is 3. The summed E-state index contributed by atoms with van der Waals surface area (Å²) in [5.74, 6) is 0. The van der Waals surface area contributed by atoms with Crippen LogP contribution in [0.15, 0.2) is 0 Å². The van der Waals surface area contributed by atoms with Gasteiger partial charge in [-0.15, -0.1) is 0 Å². The minimum Gasteiger partial charge on any atom is -0.380 e. The van der Waals surface area contributed by atoms with Crippen LogP contribution in [0.1, 0.15) is 39.5 Å². The Kier molecular flexibility index (Phi) is 3.90. The second kappa shape index (κ2) is 4.53. The molecule has 0 heterocycles. The van der Waals surface area contributed by atoms with Gasteiger partial charge in [0.25, 0.3) is 0 Å². The number of hydrogen-bond acceptors (Lipinski definition) is 2. The van der Waals surface area contributed by atoms with Gasteiger partial charge in [-0.3, -0.25) is 0 Å². The Morgan fingerprint density at radius 3 is 2.38 bits per heavy atom. The van der Waals surface area contributed by atoms with Gasteiger partial charge in [0.05, 0.1) is 0 Å². The number of hydrogen-bond donors (Lipinski definition) is 2. The molecule has 1 aliphatic carbocycles. The number of nitrogens with one attached hydrogen (secondary N) is 1. The van der Waals surface area contributed by atoms with Crippen LogP contribution in [0.3, 0.4) is 0 Å². The molecule has 1 rings (SSSR count). The van der Waals surface area contributed by atoms with Crippen LogP contribution in [-0.2, 0) is 0 Å². The van der Waals surface area contributed by atoms with Crippen molar-refractivity contribution in [1.82, 2.24) is 5.32 Å². The van der Waals surface area contributed by atoms with Gasteiger partial charge in [0.15, 0.2) is 5.60 Å². The third-order valence-electron chi connectivity index (χ3n) is 3.37. The van der Waals surface area contributed by atoms with Gasteiger partial charge in [-0.2, -0.15) is 13.2 Å². The highest BCUT2D eigenvalue weighted by Gasteiger charge is 2.59. The molecule has 96 valence electrons. The highest BCUT2D eigenvalue weighted by molar-refractivity contribution is 5.00. The standard InChI is InChI=1S/C11H20F3NO/c1-3-6-15-8-9(2)4-5-10(16,7-9)11(12,13)14/h15-16H,3-8H2,1-2H3. The van der Waals surface area contributed by atoms with Gasteiger partial charge in [-0.1, -0.05) is 13.8 Å². The third-order valence-corrected chi connectivity index (χ3v) is 3.37. The summed E-state index contributed by atoms with van der Waals surface area (Å²) in [6.07, 6.45) is -3.50. The van der Waals surface area contributed by atoms with Gasteiger partial charge in [-0.25, -0.2) is 0 Å². The fourth-order valence-corrected chi connectivity index (χ4v) is 2.35. The maximum absolute atomic E-state index is 12.6. The quantitative estimate of drug-likeness (QED) is 0.739. The highest BCUT2D eigenvalue weighted by atomic mass is 19.4. The molecule has 2 unspecified atom stereocenters. The second-order valence-electron chi connectivity index (χ2n) is 5.19. The first-order valence-electron chi connectivity index (χ1n) is 5.72. The molecule has 16 heavy (non-hydrogen) atoms. The van der Waals surface area contributed by atoms with E-state index in [2.05, 4.69) is 5.32 Å². The van der Waals surface area contributed by atoms with Gasteiger partial charge in [0, 0.05) is 6.54 Å². The minimum absolute atomic E-state index is 0.180. The van der Waals surface area contributed by atoms with E-state index in [1.54, 1.807) is 6.92 Å². The van der Waals surface area contributed by atoms with Crippen molar-refractivity contribution in [1.29, 1.82) is 0 Å². The SMILES string of the molecule is CCCNCC1(C)CCC(O)(C(F)(F)F)C1. The Balaban J connectivity index is 2.56. The number of aliphatic hydroxyl groups is 1. The van der Waals surface area contributed by atoms with Crippen molar-refractivity contribution in [3.8, 4) is 0 Å². The van der Waals surface area contributed by atoms with E-state index in [1.807, 2.05) is 6.92 Å². The lowest BCUT2D eigenvalue weighted by Crippen LogP contribution is -2.44. The summed E-state index contributed by atoms with van der Waals surface area (Å²) in [6.45, 7) is 5.16. The molecule has 1 fully saturated rings. The lowest BCUT2D eigenvalue weighted by molar-refractivity contribution is -0.259. The van der Waals surface area contributed by atoms with Crippen LogP contribution in [0.25, 0.3) is 0 Å². The molecule has 0 aromatic carbocycles. The third kappa shape index (κ3) is 2.88. The molecule has 2 atom stereocenters. The Hall–Kier alpha value is -0.290. The maximum atomic E-state index is 12.6. The topological polar surface area (TPSA) is 32.3 Å². The normalized spacial score (nSPS) is 35.6. The van der Waals surface area contributed by atoms with Crippen LogP contribution in [-0.4, -0.2) is 30.0 Å². The zero-order valence-corrected chi connectivity index (χ0v) is 9.82. The molecule has 0 radical (unpaired) electrons. The molecular weight excluding hydrogens is 219 g/mol. The fourth-order valence-electron chi connectivity index (χ4n) is 2.35. The summed E-state index contributed by atoms with van der Waals surface area (Å²) in [5.41, 5.74) is -2.92. The van der Waals surface area contributed by atoms with Crippen molar-refractivity contribution in [3.05, 3.63) is 0 Å². The molecule has 2 N–H and O–H groups in total. The monoisotopic (exact) mass is 239 g/mol. The molecule has 1 aliphatic rings. The summed E-state index contributed by atoms with van der Waals surface area (Å²) in [4.78, 5) is 0. The summed E-state index contributed by atoms with van der Waals surface area (Å²) in [7, 11) is 0. The smallest absolute Gasteiger partial charge is 0.380 e. The molecule has 0 saturated heterocycles. The van der Waals surface area contributed by atoms with Crippen LogP contribution < -0.4 is 5.32 Å². The van der Waals surface area contributed by atoms with Crippen molar-refractivity contribution in [3.63, 3.8) is 0 Å². The maximum Gasteiger partial charge on any atom is 0.417 e. The summed E-state index contributed by atoms with van der Waals surface area (Å²) in [5, 5.41) is 12.7. The zero-order chi connectivity index (χ0) is 12.4. The minimum atomic E-state index is -4.50. The van der Waals surface area contributed by atoms with Crippen LogP contribution in [0.4, 0.5) is 13.2 Å². The molecule has 0 aromatic heterocycles. The predicted octanol–water partition coefficient (Wildman–Crippen LogP) is 2.47. The highest BCUT2D eigenvalue weighted by Crippen LogP contribution is 2.50. The van der Waals surface area contributed by atoms with E-state index < -0.39 is 17.2 Å². The van der Waals surface area contributed by atoms with E-state index in [1.165, 1.54) is 0 Å². The van der Waals surface area contributed by atoms with E-state index in [9.17, 15) is 18.3 Å². The van der Waals surface area contributed by atoms with E-state index in [0.717, 1.165) is 13.0 Å². The van der Waals surface area contributed by atoms with Crippen LogP contribution in [0.5, 0.6) is 0 Å². The van der Waals surface area contributed by atoms with Crippen molar-refractivity contribution in [2.45, 2.75) is 51.3 Å². The van der Waals surface area contributed by atoms with Crippen molar-refractivity contribution in [2.24, 2.45) is 5.41 Å². The summed E-state index contributed by atoms with van der Waals surface area (Å²) >= 11 is 0. The van der Waals surface area contributed by atoms with Gasteiger partial charge in [-0.05, 0) is 37.6 Å². The van der Waals surface area contributed by atoms with Crippen molar-refractivity contribution >= 4 is 0 Å². The summed E-state index contributed by atoms with van der Waals surface area (Å²) < 4.78 is 37.8. The Morgan fingerprint density at radius 2 is 1.94 bits per heavy atom. The first-order valence-corrected chi connectivity index (χ1v) is 5.72. The van der Waals surface area contributed by atoms with Crippen molar-refractivity contribution in [2.75, 3.05) is 13.1 Å². The molecule has 0 aliphatic heterocycles. The Bertz CT molecular complexity index is 244. The van der Waals surface area contributed by atoms with Gasteiger partial charge < -0.3 is 10.4 Å². The largest absolute Gasteiger partial charge is 0.417 e. The molecule has 1 saturated carbocycles. The molecule has 2 nitrogen and oxygen atoms in total. The Labute approximate surface area is 94.2 Å². The lowest BCUT2D eigenvalue weighted by atomic mass is 9.86. The zero-order valence-electron chi connectivity index (χ0n) is 9.82. The predicted molar refractivity (Wildman–Crippen MR) is 56.1 cm³/mol. The van der Waals surface area contributed by atoms with Crippen LogP contribution in [0.2, 0.25) is 0 Å². The molecular formula is C11H20F3NO. The van der Waals surface area contributed by atoms with Crippen molar-refractivity contribution < 1.29 is 18.3 Å². The average molecular weight is 239 g/mol. The van der Waals surface area contributed by atoms with E-state index >= 15 is 0 Å². The fraction of sp³-hybridized carbons (Fsp3) is 1.00. The van der Waals surface area contributed by atoms with Gasteiger partial charge >= 0.3 is 6.18 Å². The second-order valence-corrected chi connectivity index (χ2v) is 5.19. The average Bonchev–Trinajstić information content (AvgIpc) is 2.44. The molecule has 0 aromatic rings. The Morgan fingerprint density at radius 1 is 1.31 bits per heavy atom. The van der Waals surface area contributed by atoms with E-state index in [-0.39, 0.29) is 12.8 Å². The number of rotatable bonds is 4. The summed E-state index contributed by atoms with van der Waals surface area (Å²) in [6, 6.07) is 0. The van der Waals surface area contributed by atoms with E-state index in [4.69, 9.17) is 0 Å². The van der Waals surface area contributed by atoms with Gasteiger partial charge in [0.1, 0.15) is 0 Å². The molecule has 0 amide bonds. The first kappa shape index (κ1) is 13.8. The number of alkyl halides is 3. The molecule has 0 bridgehead atoms. The van der Waals surface area contributed by atoms with Crippen LogP contribution in [0, 0.1) is 5.41 Å². The first-order chi connectivity index (χ1) is 7.22.